The zero-order chi connectivity index (χ0) is 44.3. The van der Waals surface area contributed by atoms with E-state index < -0.39 is 0 Å². The molecule has 0 atom stereocenters. The lowest BCUT2D eigenvalue weighted by Gasteiger charge is -2.42. The van der Waals surface area contributed by atoms with Crippen LogP contribution in [0.15, 0.2) is 142 Å². The van der Waals surface area contributed by atoms with Crippen molar-refractivity contribution in [1.82, 2.24) is 4.57 Å². The van der Waals surface area contributed by atoms with Gasteiger partial charge in [-0.15, -0.1) is 11.3 Å². The Bertz CT molecular complexity index is 4170. The molecule has 0 N–H and O–H groups in total. The van der Waals surface area contributed by atoms with Gasteiger partial charge in [-0.2, -0.15) is 0 Å². The lowest BCUT2D eigenvalue weighted by molar-refractivity contribution is 0.332. The quantitative estimate of drug-likeness (QED) is 0.154. The third-order valence-corrected chi connectivity index (χ3v) is 17.3. The van der Waals surface area contributed by atoms with E-state index in [9.17, 15) is 0 Å². The van der Waals surface area contributed by atoms with Gasteiger partial charge in [-0.25, -0.2) is 0 Å². The van der Waals surface area contributed by atoms with Crippen molar-refractivity contribution in [3.8, 4) is 16.8 Å². The summed E-state index contributed by atoms with van der Waals surface area (Å²) in [4.78, 5) is 2.67. The average Bonchev–Trinajstić information content (AvgIpc) is 4.05. The third-order valence-electron chi connectivity index (χ3n) is 16.2. The van der Waals surface area contributed by atoms with Crippen LogP contribution in [-0.4, -0.2) is 11.4 Å². The second-order valence-electron chi connectivity index (χ2n) is 21.9. The van der Waals surface area contributed by atoms with Gasteiger partial charge in [0.1, 0.15) is 22.3 Å². The van der Waals surface area contributed by atoms with Crippen LogP contribution in [0.25, 0.3) is 103 Å². The van der Waals surface area contributed by atoms with Gasteiger partial charge < -0.3 is 18.2 Å². The minimum absolute atomic E-state index is 0.0262. The lowest BCUT2D eigenvalue weighted by Crippen LogP contribution is -2.60. The van der Waals surface area contributed by atoms with Crippen LogP contribution < -0.4 is 15.7 Å². The molecule has 0 radical (unpaired) electrons. The van der Waals surface area contributed by atoms with Crippen molar-refractivity contribution in [3.05, 3.63) is 150 Å². The van der Waals surface area contributed by atoms with Crippen LogP contribution in [0.5, 0.6) is 0 Å². The van der Waals surface area contributed by atoms with E-state index in [1.54, 1.807) is 0 Å². The molecule has 4 nitrogen and oxygen atoms in total. The van der Waals surface area contributed by atoms with E-state index >= 15 is 0 Å². The first-order chi connectivity index (χ1) is 31.8. The van der Waals surface area contributed by atoms with Crippen LogP contribution in [0.4, 0.5) is 11.4 Å². The number of rotatable bonds is 1. The Kier molecular flexibility index (Phi) is 6.91. The highest BCUT2D eigenvalue weighted by Gasteiger charge is 2.45. The number of aromatic nitrogens is 1. The van der Waals surface area contributed by atoms with E-state index in [4.69, 9.17) is 8.83 Å². The van der Waals surface area contributed by atoms with Gasteiger partial charge in [-0.3, -0.25) is 0 Å². The highest BCUT2D eigenvalue weighted by molar-refractivity contribution is 7.25. The first-order valence-corrected chi connectivity index (χ1v) is 24.5. The summed E-state index contributed by atoms with van der Waals surface area (Å²) in [6.07, 6.45) is 2.40. The molecule has 0 bridgehead atoms. The number of fused-ring (bicyclic) bond motifs is 18. The van der Waals surface area contributed by atoms with E-state index in [0.29, 0.717) is 0 Å². The van der Waals surface area contributed by atoms with Crippen LogP contribution in [-0.2, 0) is 16.2 Å². The van der Waals surface area contributed by atoms with Crippen LogP contribution in [0.3, 0.4) is 0 Å². The first kappa shape index (κ1) is 37.5. The van der Waals surface area contributed by atoms with Gasteiger partial charge in [0.25, 0.3) is 0 Å². The molecule has 0 saturated carbocycles. The van der Waals surface area contributed by atoms with Gasteiger partial charge in [-0.05, 0) is 135 Å². The largest absolute Gasteiger partial charge is 0.456 e. The molecule has 0 spiro atoms. The fourth-order valence-electron chi connectivity index (χ4n) is 12.6. The summed E-state index contributed by atoms with van der Waals surface area (Å²) < 4.78 is 18.7. The maximum Gasteiger partial charge on any atom is 0.333 e. The summed E-state index contributed by atoms with van der Waals surface area (Å²) in [7, 11) is 0. The van der Waals surface area contributed by atoms with Gasteiger partial charge in [0, 0.05) is 75.1 Å². The second kappa shape index (κ2) is 12.2. The molecule has 318 valence electrons. The molecule has 0 saturated heterocycles. The van der Waals surface area contributed by atoms with E-state index in [1.165, 1.54) is 111 Å². The number of anilines is 2. The fraction of sp³-hybridized carbons (Fsp3) is 0.200. The highest BCUT2D eigenvalue weighted by atomic mass is 32.1. The molecule has 8 aromatic carbocycles. The molecule has 15 rings (SSSR count). The number of benzene rings is 8. The second-order valence-corrected chi connectivity index (χ2v) is 23.0. The average molecular weight is 871 g/mol. The third kappa shape index (κ3) is 4.75. The Morgan fingerprint density at radius 3 is 1.88 bits per heavy atom. The summed E-state index contributed by atoms with van der Waals surface area (Å²) >= 11 is 1.96. The molecule has 12 aromatic rings. The first-order valence-electron chi connectivity index (χ1n) is 23.6. The molecule has 3 aliphatic rings. The highest BCUT2D eigenvalue weighted by Crippen LogP contribution is 2.53. The number of hydrogen-bond acceptors (Lipinski definition) is 4. The monoisotopic (exact) mass is 870 g/mol. The Morgan fingerprint density at radius 2 is 1.17 bits per heavy atom. The van der Waals surface area contributed by atoms with Crippen molar-refractivity contribution in [1.29, 1.82) is 0 Å². The Balaban J connectivity index is 1.10. The molecule has 0 amide bonds. The Morgan fingerprint density at radius 1 is 0.530 bits per heavy atom. The maximum absolute atomic E-state index is 6.77. The smallest absolute Gasteiger partial charge is 0.333 e. The van der Waals surface area contributed by atoms with E-state index in [-0.39, 0.29) is 23.1 Å². The van der Waals surface area contributed by atoms with E-state index in [1.807, 2.05) is 11.3 Å². The predicted octanol–water partition coefficient (Wildman–Crippen LogP) is 15.8. The topological polar surface area (TPSA) is 34.5 Å². The van der Waals surface area contributed by atoms with E-state index in [0.717, 1.165) is 43.9 Å². The standard InChI is InChI=1S/C60H47BN2O2S/c1-58(2,3)32-16-18-33(19-17-32)63-48-31-55-42(43-25-44-45(29-54(43)66-55)60(6,7)23-22-59(44,4)5)24-38(48)36-20-21-37-39-28-52-40(34-12-8-10-14-50(34)64-52)26-47(39)62-49-27-41-35-13-9-11-15-51(35)65-53(41)30-46(49)61(63)56(36)57(37)62/h8-21,24-31H,22-23H2,1-7H3. The number of para-hydroxylation sites is 2. The molecule has 0 unspecified atom stereocenters. The van der Waals surface area contributed by atoms with Gasteiger partial charge in [0.05, 0.1) is 11.0 Å². The van der Waals surface area contributed by atoms with Crippen molar-refractivity contribution < 1.29 is 8.83 Å². The summed E-state index contributed by atoms with van der Waals surface area (Å²) in [5.41, 5.74) is 19.5. The minimum atomic E-state index is -0.134. The zero-order valence-electron chi connectivity index (χ0n) is 38.3. The molecule has 6 heteroatoms. The maximum atomic E-state index is 6.77. The minimum Gasteiger partial charge on any atom is -0.456 e. The molecule has 0 fully saturated rings. The zero-order valence-corrected chi connectivity index (χ0v) is 39.1. The summed E-state index contributed by atoms with van der Waals surface area (Å²) in [6, 6.07) is 50.8. The van der Waals surface area contributed by atoms with Crippen molar-refractivity contribution in [2.75, 3.05) is 4.81 Å². The summed E-state index contributed by atoms with van der Waals surface area (Å²) in [5, 5.41) is 9.70. The molecule has 66 heavy (non-hydrogen) atoms. The van der Waals surface area contributed by atoms with Crippen molar-refractivity contribution in [2.24, 2.45) is 0 Å². The van der Waals surface area contributed by atoms with Gasteiger partial charge in [0.15, 0.2) is 0 Å². The molecule has 1 aliphatic carbocycles. The number of thiophene rings is 1. The van der Waals surface area contributed by atoms with Crippen LogP contribution in [0, 0.1) is 0 Å². The van der Waals surface area contributed by atoms with Crippen LogP contribution in [0.2, 0.25) is 0 Å². The van der Waals surface area contributed by atoms with Crippen molar-refractivity contribution >= 4 is 126 Å². The SMILES string of the molecule is CC(C)(C)c1ccc(N2B3c4cc5oc6ccccc6c5cc4-n4c5cc6c(cc5c5ccc(c3c54)-c3cc4c(cc32)sc2cc3c(cc24)C(C)(C)CCC3(C)C)oc2ccccc26)cc1. The van der Waals surface area contributed by atoms with E-state index in [2.05, 4.69) is 191 Å². The van der Waals surface area contributed by atoms with Crippen LogP contribution in [0.1, 0.15) is 78.0 Å². The summed E-state index contributed by atoms with van der Waals surface area (Å²) in [6.45, 7) is 16.6. The molecular weight excluding hydrogens is 824 g/mol. The van der Waals surface area contributed by atoms with Gasteiger partial charge in [-0.1, -0.05) is 109 Å². The molecular formula is C60H47BN2O2S. The lowest BCUT2D eigenvalue weighted by atomic mass is 9.44. The molecule has 6 heterocycles. The molecule has 4 aromatic heterocycles. The number of nitrogens with zero attached hydrogens (tertiary/aromatic N) is 2. The summed E-state index contributed by atoms with van der Waals surface area (Å²) in [5.74, 6) is 0. The Hall–Kier alpha value is -6.76. The van der Waals surface area contributed by atoms with Gasteiger partial charge in [0.2, 0.25) is 0 Å². The van der Waals surface area contributed by atoms with Crippen LogP contribution >= 0.6 is 11.3 Å². The van der Waals surface area contributed by atoms with Gasteiger partial charge >= 0.3 is 6.85 Å². The number of hydrogen-bond donors (Lipinski definition) is 0. The fourth-order valence-corrected chi connectivity index (χ4v) is 13.7. The van der Waals surface area contributed by atoms with Crippen molar-refractivity contribution in [3.63, 3.8) is 0 Å². The number of furan rings is 2. The predicted molar refractivity (Wildman–Crippen MR) is 281 cm³/mol. The Labute approximate surface area is 387 Å². The molecule has 2 aliphatic heterocycles. The van der Waals surface area contributed by atoms with Crippen molar-refractivity contribution in [2.45, 2.75) is 77.6 Å². The normalized spacial score (nSPS) is 16.2.